The van der Waals surface area contributed by atoms with Crippen molar-refractivity contribution in [2.75, 3.05) is 13.2 Å². The van der Waals surface area contributed by atoms with Crippen LogP contribution in [0.1, 0.15) is 79.2 Å². The quantitative estimate of drug-likeness (QED) is 0.316. The molecule has 56 heavy (non-hydrogen) atoms. The molecule has 4 amide bonds. The van der Waals surface area contributed by atoms with Crippen molar-refractivity contribution in [2.45, 2.75) is 103 Å². The minimum absolute atomic E-state index is 0.0126. The molecule has 298 valence electrons. The van der Waals surface area contributed by atoms with Crippen molar-refractivity contribution in [2.24, 2.45) is 16.7 Å². The monoisotopic (exact) mass is 786 g/mol. The van der Waals surface area contributed by atoms with Gasteiger partial charge >= 0.3 is 6.09 Å². The van der Waals surface area contributed by atoms with Crippen LogP contribution in [0.3, 0.4) is 0 Å². The van der Waals surface area contributed by atoms with Gasteiger partial charge in [-0.1, -0.05) is 90.4 Å². The number of carbonyl (C=O) groups excluding carboxylic acids is 4. The molecule has 1 saturated heterocycles. The zero-order valence-corrected chi connectivity index (χ0v) is 33.4. The standard InChI is InChI=1S/C41H50N6O8S/c1-7-26-21-41(26,37(50)46-56(52,53)28-15-16-28)45-34(48)31-20-27-22-47(31)36(49)33(39(2,3)4)44-38(51)54-23-40(5,6)18-17-24-11-10-12-25(19-24)32-35(55-27)43-30-14-9-8-13-29(30)42-32/h8-14,17-19,26-28,31,33H,7,15-16,20-23H2,1-6H3,(H,44,51)(H,45,48)(H,46,50)/b18-17+/t26-,27-,31+,33-,41+/m1/s1. The van der Waals surface area contributed by atoms with Gasteiger partial charge in [0.1, 0.15) is 36.0 Å². The van der Waals surface area contributed by atoms with Crippen molar-refractivity contribution < 1.29 is 37.1 Å². The zero-order valence-electron chi connectivity index (χ0n) is 32.6. The molecule has 4 bridgehead atoms. The number of rotatable bonds is 6. The number of alkyl carbamates (subject to hydrolysis) is 1. The number of benzene rings is 2. The predicted molar refractivity (Wildman–Crippen MR) is 209 cm³/mol. The van der Waals surface area contributed by atoms with Gasteiger partial charge in [0, 0.05) is 17.4 Å². The highest BCUT2D eigenvalue weighted by Crippen LogP contribution is 2.47. The average Bonchev–Trinajstić information content (AvgIpc) is 4.08. The lowest BCUT2D eigenvalue weighted by atomic mass is 9.85. The Balaban J connectivity index is 1.28. The van der Waals surface area contributed by atoms with Crippen LogP contribution in [-0.4, -0.2) is 89.2 Å². The molecule has 7 rings (SSSR count). The Morgan fingerprint density at radius 2 is 1.75 bits per heavy atom. The highest BCUT2D eigenvalue weighted by Gasteiger charge is 2.62. The molecule has 15 heteroatoms. The van der Waals surface area contributed by atoms with E-state index in [0.717, 1.165) is 11.1 Å². The normalized spacial score (nSPS) is 27.1. The van der Waals surface area contributed by atoms with Crippen LogP contribution in [-0.2, 0) is 29.1 Å². The van der Waals surface area contributed by atoms with E-state index in [0.29, 0.717) is 36.0 Å². The fraction of sp³-hybridized carbons (Fsp3) is 0.512. The SMILES string of the molecule is CC[C@@H]1C[C@@]1(NC(=O)[C@@H]1C[C@@H]2CN1C(=O)[C@H](C(C)(C)C)NC(=O)OCC(C)(C)/C=C/c1cccc(c1)-c1nc3ccccc3nc1O2)C(=O)NS(=O)(=O)C1CC1. The summed E-state index contributed by atoms with van der Waals surface area (Å²) in [5, 5.41) is 5.02. The van der Waals surface area contributed by atoms with Gasteiger partial charge in [0.15, 0.2) is 0 Å². The largest absolute Gasteiger partial charge is 0.471 e. The Labute approximate surface area is 327 Å². The molecule has 3 aromatic rings. The molecule has 14 nitrogen and oxygen atoms in total. The second kappa shape index (κ2) is 14.5. The minimum atomic E-state index is -3.88. The van der Waals surface area contributed by atoms with Gasteiger partial charge in [0.25, 0.3) is 5.91 Å². The van der Waals surface area contributed by atoms with Crippen LogP contribution in [0, 0.1) is 16.7 Å². The number of fused-ring (bicyclic) bond motifs is 7. The highest BCUT2D eigenvalue weighted by molar-refractivity contribution is 7.91. The molecule has 3 heterocycles. The van der Waals surface area contributed by atoms with Crippen LogP contribution in [0.25, 0.3) is 28.4 Å². The van der Waals surface area contributed by atoms with Gasteiger partial charge < -0.3 is 25.0 Å². The van der Waals surface area contributed by atoms with Crippen LogP contribution in [0.5, 0.6) is 5.88 Å². The van der Waals surface area contributed by atoms with E-state index in [1.165, 1.54) is 4.90 Å². The number of cyclic esters (lactones) is 1. The zero-order chi connectivity index (χ0) is 40.2. The summed E-state index contributed by atoms with van der Waals surface area (Å²) in [5.41, 5.74) is 0.467. The topological polar surface area (TPSA) is 186 Å². The molecule has 0 unspecified atom stereocenters. The van der Waals surface area contributed by atoms with E-state index in [1.807, 2.05) is 81.5 Å². The molecule has 3 fully saturated rings. The van der Waals surface area contributed by atoms with Crippen LogP contribution >= 0.6 is 0 Å². The van der Waals surface area contributed by atoms with Crippen molar-refractivity contribution in [3.05, 3.63) is 60.2 Å². The third-order valence-corrected chi connectivity index (χ3v) is 12.9. The number of nitrogens with zero attached hydrogens (tertiary/aromatic N) is 3. The number of hydrogen-bond donors (Lipinski definition) is 3. The van der Waals surface area contributed by atoms with E-state index in [-0.39, 0.29) is 37.8 Å². The van der Waals surface area contributed by atoms with E-state index < -0.39 is 73.6 Å². The summed E-state index contributed by atoms with van der Waals surface area (Å²) >= 11 is 0. The van der Waals surface area contributed by atoms with Crippen LogP contribution < -0.4 is 20.1 Å². The molecule has 2 aliphatic heterocycles. The van der Waals surface area contributed by atoms with Crippen molar-refractivity contribution in [1.29, 1.82) is 0 Å². The molecule has 5 atom stereocenters. The molecule has 2 saturated carbocycles. The molecule has 4 aliphatic rings. The van der Waals surface area contributed by atoms with Gasteiger partial charge in [-0.15, -0.1) is 0 Å². The summed E-state index contributed by atoms with van der Waals surface area (Å²) in [7, 11) is -3.88. The van der Waals surface area contributed by atoms with Crippen molar-refractivity contribution in [3.8, 4) is 17.1 Å². The third kappa shape index (κ3) is 8.09. The first kappa shape index (κ1) is 39.2. The number of carbonyl (C=O) groups is 4. The first-order chi connectivity index (χ1) is 26.4. The Hall–Kier alpha value is -5.05. The van der Waals surface area contributed by atoms with Gasteiger partial charge in [-0.25, -0.2) is 23.2 Å². The number of sulfonamides is 1. The summed E-state index contributed by atoms with van der Waals surface area (Å²) in [5.74, 6) is -2.04. The third-order valence-electron chi connectivity index (χ3n) is 11.1. The van der Waals surface area contributed by atoms with Gasteiger partial charge in [0.2, 0.25) is 27.7 Å². The summed E-state index contributed by atoms with van der Waals surface area (Å²) < 4.78 is 40.1. The fourth-order valence-electron chi connectivity index (χ4n) is 7.47. The van der Waals surface area contributed by atoms with E-state index in [1.54, 1.807) is 20.8 Å². The Morgan fingerprint density at radius 1 is 1.04 bits per heavy atom. The maximum Gasteiger partial charge on any atom is 0.407 e. The lowest BCUT2D eigenvalue weighted by molar-refractivity contribution is -0.143. The maximum atomic E-state index is 14.7. The Bertz CT molecular complexity index is 2210. The highest BCUT2D eigenvalue weighted by atomic mass is 32.2. The van der Waals surface area contributed by atoms with Crippen molar-refractivity contribution in [3.63, 3.8) is 0 Å². The lowest BCUT2D eigenvalue weighted by Crippen LogP contribution is -2.60. The number of amides is 4. The second-order valence-corrected chi connectivity index (χ2v) is 19.2. The summed E-state index contributed by atoms with van der Waals surface area (Å²) in [6, 6.07) is 12.9. The first-order valence-corrected chi connectivity index (χ1v) is 20.8. The maximum absolute atomic E-state index is 14.7. The molecular formula is C41H50N6O8S. The molecule has 3 N–H and O–H groups in total. The fourth-order valence-corrected chi connectivity index (χ4v) is 8.83. The van der Waals surface area contributed by atoms with Gasteiger partial charge in [-0.3, -0.25) is 19.1 Å². The number of hydrogen-bond acceptors (Lipinski definition) is 10. The summed E-state index contributed by atoms with van der Waals surface area (Å²) in [6.07, 6.45) is 4.07. The number of para-hydroxylation sites is 2. The number of ether oxygens (including phenoxy) is 2. The first-order valence-electron chi connectivity index (χ1n) is 19.2. The van der Waals surface area contributed by atoms with E-state index in [2.05, 4.69) is 15.4 Å². The molecule has 1 aromatic heterocycles. The molecule has 2 aliphatic carbocycles. The van der Waals surface area contributed by atoms with E-state index in [9.17, 15) is 27.6 Å². The smallest absolute Gasteiger partial charge is 0.407 e. The Morgan fingerprint density at radius 3 is 2.41 bits per heavy atom. The van der Waals surface area contributed by atoms with E-state index >= 15 is 0 Å². The predicted octanol–water partition coefficient (Wildman–Crippen LogP) is 4.73. The van der Waals surface area contributed by atoms with Crippen LogP contribution in [0.2, 0.25) is 0 Å². The van der Waals surface area contributed by atoms with Gasteiger partial charge in [0.05, 0.1) is 22.8 Å². The van der Waals surface area contributed by atoms with Crippen molar-refractivity contribution in [1.82, 2.24) is 30.2 Å². The van der Waals surface area contributed by atoms with Crippen LogP contribution in [0.4, 0.5) is 4.79 Å². The average molecular weight is 787 g/mol. The molecule has 0 spiro atoms. The lowest BCUT2D eigenvalue weighted by Gasteiger charge is -2.35. The van der Waals surface area contributed by atoms with Gasteiger partial charge in [-0.05, 0) is 54.4 Å². The number of aromatic nitrogens is 2. The summed E-state index contributed by atoms with van der Waals surface area (Å²) in [6.45, 7) is 11.1. The molecule has 2 aromatic carbocycles. The second-order valence-electron chi connectivity index (χ2n) is 17.3. The van der Waals surface area contributed by atoms with Crippen molar-refractivity contribution >= 4 is 50.9 Å². The summed E-state index contributed by atoms with van der Waals surface area (Å²) in [4.78, 5) is 67.3. The Kier molecular flexibility index (Phi) is 10.1. The minimum Gasteiger partial charge on any atom is -0.471 e. The van der Waals surface area contributed by atoms with Gasteiger partial charge in [-0.2, -0.15) is 0 Å². The van der Waals surface area contributed by atoms with E-state index in [4.69, 9.17) is 19.4 Å². The molecular weight excluding hydrogens is 737 g/mol. The molecule has 0 radical (unpaired) electrons. The van der Waals surface area contributed by atoms with Crippen LogP contribution in [0.15, 0.2) is 54.6 Å². The number of nitrogens with one attached hydrogen (secondary N) is 3.